The van der Waals surface area contributed by atoms with E-state index in [9.17, 15) is 9.59 Å². The third kappa shape index (κ3) is 3.45. The van der Waals surface area contributed by atoms with Crippen molar-refractivity contribution in [3.05, 3.63) is 65.2 Å². The molecule has 0 bridgehead atoms. The molecule has 3 atom stereocenters. The van der Waals surface area contributed by atoms with Gasteiger partial charge in [-0.3, -0.25) is 19.9 Å². The molecule has 5 rings (SSSR count). The molecule has 0 saturated carbocycles. The zero-order valence-electron chi connectivity index (χ0n) is 19.0. The molecule has 7 nitrogen and oxygen atoms in total. The van der Waals surface area contributed by atoms with Crippen LogP contribution in [-0.4, -0.2) is 65.3 Å². The van der Waals surface area contributed by atoms with Crippen LogP contribution in [0.5, 0.6) is 0 Å². The van der Waals surface area contributed by atoms with Crippen molar-refractivity contribution in [2.45, 2.75) is 51.7 Å². The van der Waals surface area contributed by atoms with E-state index in [1.54, 1.807) is 11.9 Å². The van der Waals surface area contributed by atoms with Crippen LogP contribution < -0.4 is 10.2 Å². The van der Waals surface area contributed by atoms with Crippen molar-refractivity contribution >= 4 is 17.6 Å². The Morgan fingerprint density at radius 1 is 0.969 bits per heavy atom. The highest BCUT2D eigenvalue weighted by molar-refractivity contribution is 6.00. The second kappa shape index (κ2) is 8.22. The molecule has 1 N–H and O–H groups in total. The standard InChI is InChI=1S/C25H31N5O2/c1-4-18-10-12-20(13-11-18)28-14-5-15-29-21-22(26-24(28)29)27(3)25(32)30(23(21)31)16-19-8-6-17(2)7-9-19/h6-13,21-22,24,26H,4-5,14-16H2,1-3H3. The van der Waals surface area contributed by atoms with Crippen LogP contribution in [0.25, 0.3) is 0 Å². The Bertz CT molecular complexity index is 1010. The first-order chi connectivity index (χ1) is 15.5. The van der Waals surface area contributed by atoms with Crippen LogP contribution in [-0.2, 0) is 17.8 Å². The molecule has 2 aromatic rings. The highest BCUT2D eigenvalue weighted by Crippen LogP contribution is 2.33. The molecule has 168 valence electrons. The summed E-state index contributed by atoms with van der Waals surface area (Å²) in [4.78, 5) is 34.4. The minimum atomic E-state index is -0.383. The number of carbonyl (C=O) groups is 2. The van der Waals surface area contributed by atoms with E-state index in [1.807, 2.05) is 31.2 Å². The lowest BCUT2D eigenvalue weighted by Crippen LogP contribution is -2.66. The highest BCUT2D eigenvalue weighted by atomic mass is 16.2. The van der Waals surface area contributed by atoms with Gasteiger partial charge in [0.15, 0.2) is 0 Å². The van der Waals surface area contributed by atoms with Crippen LogP contribution in [0.15, 0.2) is 48.5 Å². The summed E-state index contributed by atoms with van der Waals surface area (Å²) in [6, 6.07) is 16.0. The molecule has 3 aliphatic heterocycles. The highest BCUT2D eigenvalue weighted by Gasteiger charge is 2.56. The monoisotopic (exact) mass is 433 g/mol. The zero-order chi connectivity index (χ0) is 22.4. The first-order valence-corrected chi connectivity index (χ1v) is 11.5. The minimum absolute atomic E-state index is 0.107. The smallest absolute Gasteiger partial charge is 0.328 e. The molecule has 0 spiro atoms. The summed E-state index contributed by atoms with van der Waals surface area (Å²) >= 11 is 0. The van der Waals surface area contributed by atoms with E-state index in [0.717, 1.165) is 42.7 Å². The summed E-state index contributed by atoms with van der Waals surface area (Å²) in [5.41, 5.74) is 4.57. The third-order valence-corrected chi connectivity index (χ3v) is 7.01. The predicted octanol–water partition coefficient (Wildman–Crippen LogP) is 2.75. The number of nitrogens with one attached hydrogen (secondary N) is 1. The molecule has 0 aromatic heterocycles. The van der Waals surface area contributed by atoms with Crippen LogP contribution in [0.4, 0.5) is 10.5 Å². The number of hydrogen-bond donors (Lipinski definition) is 1. The Kier molecular flexibility index (Phi) is 5.39. The lowest BCUT2D eigenvalue weighted by molar-refractivity contribution is -0.139. The molecule has 3 fully saturated rings. The number of amides is 3. The van der Waals surface area contributed by atoms with Crippen LogP contribution in [0.3, 0.4) is 0 Å². The van der Waals surface area contributed by atoms with Crippen LogP contribution in [0.1, 0.15) is 30.0 Å². The maximum atomic E-state index is 13.6. The van der Waals surface area contributed by atoms with Gasteiger partial charge in [0.1, 0.15) is 18.5 Å². The lowest BCUT2D eigenvalue weighted by atomic mass is 10.1. The number of likely N-dealkylation sites (N-methyl/N-ethyl adjacent to an activating group) is 1. The molecular weight excluding hydrogens is 402 g/mol. The normalized spacial score (nSPS) is 25.8. The van der Waals surface area contributed by atoms with Crippen LogP contribution in [0, 0.1) is 6.92 Å². The predicted molar refractivity (Wildman–Crippen MR) is 124 cm³/mol. The van der Waals surface area contributed by atoms with E-state index in [4.69, 9.17) is 0 Å². The number of urea groups is 1. The second-order valence-electron chi connectivity index (χ2n) is 9.04. The van der Waals surface area contributed by atoms with Gasteiger partial charge in [0.2, 0.25) is 0 Å². The molecule has 3 saturated heterocycles. The van der Waals surface area contributed by atoms with Crippen molar-refractivity contribution in [3.8, 4) is 0 Å². The summed E-state index contributed by atoms with van der Waals surface area (Å²) in [5, 5.41) is 3.58. The Hall–Kier alpha value is -2.90. The summed E-state index contributed by atoms with van der Waals surface area (Å²) in [6.07, 6.45) is 1.55. The van der Waals surface area contributed by atoms with Gasteiger partial charge in [0, 0.05) is 25.8 Å². The average Bonchev–Trinajstić information content (AvgIpc) is 3.22. The van der Waals surface area contributed by atoms with E-state index >= 15 is 0 Å². The van der Waals surface area contributed by atoms with E-state index < -0.39 is 0 Å². The number of imide groups is 1. The number of fused-ring (bicyclic) bond motifs is 3. The number of benzene rings is 2. The van der Waals surface area contributed by atoms with Crippen molar-refractivity contribution in [2.75, 3.05) is 25.0 Å². The van der Waals surface area contributed by atoms with E-state index in [2.05, 4.69) is 46.3 Å². The second-order valence-corrected chi connectivity index (χ2v) is 9.04. The molecular formula is C25H31N5O2. The Morgan fingerprint density at radius 3 is 2.34 bits per heavy atom. The molecule has 2 aromatic carbocycles. The van der Waals surface area contributed by atoms with E-state index in [1.165, 1.54) is 10.5 Å². The fourth-order valence-corrected chi connectivity index (χ4v) is 5.13. The van der Waals surface area contributed by atoms with Crippen molar-refractivity contribution in [1.82, 2.24) is 20.0 Å². The summed E-state index contributed by atoms with van der Waals surface area (Å²) in [7, 11) is 1.79. The fourth-order valence-electron chi connectivity index (χ4n) is 5.13. The molecule has 3 heterocycles. The minimum Gasteiger partial charge on any atom is -0.343 e. The SMILES string of the molecule is CCc1ccc(N2CCCN3C4C(=O)N(Cc5ccc(C)cc5)C(=O)N(C)C4NC23)cc1. The topological polar surface area (TPSA) is 59.1 Å². The van der Waals surface area contributed by atoms with Gasteiger partial charge in [0.25, 0.3) is 5.91 Å². The number of nitrogens with zero attached hydrogens (tertiary/aromatic N) is 4. The Balaban J connectivity index is 1.41. The number of carbonyl (C=O) groups excluding carboxylic acids is 2. The molecule has 3 amide bonds. The van der Waals surface area contributed by atoms with Gasteiger partial charge in [-0.05, 0) is 43.0 Å². The largest absolute Gasteiger partial charge is 0.343 e. The van der Waals surface area contributed by atoms with Crippen molar-refractivity contribution in [3.63, 3.8) is 0 Å². The molecule has 3 aliphatic rings. The number of rotatable bonds is 4. The first-order valence-electron chi connectivity index (χ1n) is 11.5. The summed E-state index contributed by atoms with van der Waals surface area (Å²) in [5.74, 6) is -0.114. The van der Waals surface area contributed by atoms with Gasteiger partial charge in [0.05, 0.1) is 6.54 Å². The van der Waals surface area contributed by atoms with Gasteiger partial charge in [-0.15, -0.1) is 0 Å². The molecule has 0 radical (unpaired) electrons. The molecule has 3 unspecified atom stereocenters. The maximum absolute atomic E-state index is 13.6. The number of hydrogen-bond acceptors (Lipinski definition) is 5. The number of anilines is 1. The molecule has 7 heteroatoms. The maximum Gasteiger partial charge on any atom is 0.328 e. The molecule has 0 aliphatic carbocycles. The fraction of sp³-hybridized carbons (Fsp3) is 0.440. The quantitative estimate of drug-likeness (QED) is 0.804. The van der Waals surface area contributed by atoms with Gasteiger partial charge in [-0.25, -0.2) is 4.79 Å². The third-order valence-electron chi connectivity index (χ3n) is 7.01. The Morgan fingerprint density at radius 2 is 1.66 bits per heavy atom. The first kappa shape index (κ1) is 21.0. The van der Waals surface area contributed by atoms with Gasteiger partial charge < -0.3 is 9.80 Å². The average molecular weight is 434 g/mol. The molecule has 32 heavy (non-hydrogen) atoms. The van der Waals surface area contributed by atoms with Gasteiger partial charge in [-0.2, -0.15) is 0 Å². The summed E-state index contributed by atoms with van der Waals surface area (Å²) in [6.45, 7) is 6.22. The lowest BCUT2D eigenvalue weighted by Gasteiger charge is -2.44. The van der Waals surface area contributed by atoms with Crippen LogP contribution >= 0.6 is 0 Å². The van der Waals surface area contributed by atoms with Gasteiger partial charge in [-0.1, -0.05) is 48.9 Å². The van der Waals surface area contributed by atoms with Crippen molar-refractivity contribution < 1.29 is 9.59 Å². The van der Waals surface area contributed by atoms with Crippen molar-refractivity contribution in [2.24, 2.45) is 0 Å². The summed E-state index contributed by atoms with van der Waals surface area (Å²) < 4.78 is 0. The van der Waals surface area contributed by atoms with Crippen molar-refractivity contribution in [1.29, 1.82) is 0 Å². The zero-order valence-corrected chi connectivity index (χ0v) is 19.0. The Labute approximate surface area is 189 Å². The van der Waals surface area contributed by atoms with Crippen LogP contribution in [0.2, 0.25) is 0 Å². The van der Waals surface area contributed by atoms with Gasteiger partial charge >= 0.3 is 6.03 Å². The van der Waals surface area contributed by atoms with E-state index in [0.29, 0.717) is 6.54 Å². The number of aryl methyl sites for hydroxylation is 2. The van der Waals surface area contributed by atoms with E-state index in [-0.39, 0.29) is 30.4 Å².